The molecule has 5 aromatic rings. The van der Waals surface area contributed by atoms with Crippen LogP contribution in [0.1, 0.15) is 117 Å². The molecule has 110 heavy (non-hydrogen) atoms. The first kappa shape index (κ1) is 83.2. The second-order valence-corrected chi connectivity index (χ2v) is 29.2. The van der Waals surface area contributed by atoms with Crippen LogP contribution in [0.25, 0.3) is 0 Å². The number of carbonyl (C=O) groups excluding carboxylic acids is 6. The van der Waals surface area contributed by atoms with E-state index in [0.29, 0.717) is 53.7 Å². The van der Waals surface area contributed by atoms with E-state index in [-0.39, 0.29) is 124 Å². The fourth-order valence-electron chi connectivity index (χ4n) is 17.3. The number of halogens is 19. The van der Waals surface area contributed by atoms with E-state index in [9.17, 15) is 128 Å². The molecule has 5 heterocycles. The minimum atomic E-state index is -5.28. The van der Waals surface area contributed by atoms with Crippen LogP contribution in [0.2, 0.25) is 0 Å². The van der Waals surface area contributed by atoms with Gasteiger partial charge in [0.1, 0.15) is 5.69 Å². The average Bonchev–Trinajstić information content (AvgIpc) is 0.779. The number of piperidine rings is 5. The maximum Gasteiger partial charge on any atom is 0.471 e. The standard InChI is InChI=1S/C16H13F6N3O4.C16H14F6N2O2.C14H13F3N2O3.C14H14F3NO.C12H15N.ClH/c17-15(18,19)13(26)23-11-4-10-8(3-12(11)25(28)29)1-7-2-9(10)6-24(5-7)14(27)16(20,21)22;17-15(18,19)13(25)23-11-2-1-9-3-8-4-10(12(9)5-11)7-24(6-8)14(26)16(20,21)22;15-14(16,17)13(20)18-6-8-3-9-1-2-11(19(21)22)5-12(9)10(4-8)7-18;15-14(16,17)13(19)18-7-9-5-10-3-1-2-4-12(10)11(6-9)8-18;1-2-4-12-10(3-1)5-9-6-11(12)8-13-7-9;/h3-4,7,9H,1-2,5-6H2,(H,23,26);1-2,5,8,10H,3-4,6-7H2,(H,23,25);1-2,5,8,10H,3-4,6-7H2;1-4,9,11H,5-8H2;1-4,9,11,13H,5-8H2;1H. The minimum absolute atomic E-state index is 0. The van der Waals surface area contributed by atoms with Gasteiger partial charge < -0.3 is 35.6 Å². The van der Waals surface area contributed by atoms with Gasteiger partial charge in [-0.3, -0.25) is 49.0 Å². The van der Waals surface area contributed by atoms with E-state index in [1.54, 1.807) is 28.6 Å². The van der Waals surface area contributed by atoms with Crippen molar-refractivity contribution >= 4 is 70.6 Å². The number of nitrogens with zero attached hydrogens (tertiary/aromatic N) is 6. The normalized spacial score (nSPS) is 23.9. The molecular formula is C72H70ClF18N9O10. The first-order valence-electron chi connectivity index (χ1n) is 34.6. The number of nitro benzene ring substituents is 2. The molecule has 5 aliphatic heterocycles. The maximum absolute atomic E-state index is 12.7. The molecule has 10 bridgehead atoms. The van der Waals surface area contributed by atoms with E-state index in [0.717, 1.165) is 68.2 Å². The molecule has 5 saturated heterocycles. The van der Waals surface area contributed by atoms with Gasteiger partial charge in [0.2, 0.25) is 0 Å². The number of alkyl halides is 18. The summed E-state index contributed by atoms with van der Waals surface area (Å²) in [5, 5.41) is 28.8. The van der Waals surface area contributed by atoms with Crippen molar-refractivity contribution in [1.29, 1.82) is 0 Å². The molecule has 5 aliphatic carbocycles. The summed E-state index contributed by atoms with van der Waals surface area (Å²) in [5.74, 6) is -11.9. The first-order chi connectivity index (χ1) is 50.9. The van der Waals surface area contributed by atoms with Crippen LogP contribution in [0.4, 0.5) is 102 Å². The highest BCUT2D eigenvalue weighted by atomic mass is 35.5. The van der Waals surface area contributed by atoms with Crippen molar-refractivity contribution in [2.75, 3.05) is 76.1 Å². The SMILES string of the molecule is Cl.O=C(N1CC2Cc3ccc([N+](=O)[O-])cc3C(C2)C1)C(F)(F)F.O=C(N1CC2Cc3ccccc3C(C2)C1)C(F)(F)F.O=C(Nc1cc2c(cc1[N+](=O)[O-])CC1CC2CN(C(=O)C(F)(F)F)C1)C(F)(F)F.O=C(Nc1ccc2c(c1)C1CC(C2)CN(C(=O)C(F)(F)F)C1)C(F)(F)F.c1ccc2c(c1)CC1CNCC2C1. The Kier molecular flexibility index (Phi) is 24.3. The third-order valence-corrected chi connectivity index (χ3v) is 21.5. The van der Waals surface area contributed by atoms with Crippen molar-refractivity contribution in [2.24, 2.45) is 29.6 Å². The van der Waals surface area contributed by atoms with Crippen LogP contribution in [-0.2, 0) is 60.9 Å². The Balaban J connectivity index is 0.000000149. The van der Waals surface area contributed by atoms with Gasteiger partial charge in [0.15, 0.2) is 0 Å². The predicted molar refractivity (Wildman–Crippen MR) is 358 cm³/mol. The number of hydrogen-bond acceptors (Lipinski definition) is 11. The predicted octanol–water partition coefficient (Wildman–Crippen LogP) is 14.1. The second-order valence-electron chi connectivity index (χ2n) is 29.2. The Hall–Kier alpha value is -9.29. The highest BCUT2D eigenvalue weighted by Gasteiger charge is 2.52. The summed E-state index contributed by atoms with van der Waals surface area (Å²) >= 11 is 0. The summed E-state index contributed by atoms with van der Waals surface area (Å²) in [6, 6.07) is 27.6. The lowest BCUT2D eigenvalue weighted by molar-refractivity contribution is -0.385. The molecule has 0 radical (unpaired) electrons. The van der Waals surface area contributed by atoms with Crippen LogP contribution in [0.3, 0.4) is 0 Å². The summed E-state index contributed by atoms with van der Waals surface area (Å²) in [6.45, 7) is 2.22. The lowest BCUT2D eigenvalue weighted by Gasteiger charge is -2.42. The number of anilines is 2. The van der Waals surface area contributed by atoms with Gasteiger partial charge in [0.05, 0.1) is 9.85 Å². The maximum atomic E-state index is 12.7. The number of hydrogen-bond donors (Lipinski definition) is 3. The van der Waals surface area contributed by atoms with Crippen LogP contribution in [0, 0.1) is 49.8 Å². The van der Waals surface area contributed by atoms with Crippen molar-refractivity contribution in [1.82, 2.24) is 24.9 Å². The van der Waals surface area contributed by atoms with Crippen molar-refractivity contribution in [3.05, 3.63) is 173 Å². The highest BCUT2D eigenvalue weighted by Crippen LogP contribution is 2.48. The molecule has 15 rings (SSSR count). The number of nitro groups is 2. The highest BCUT2D eigenvalue weighted by molar-refractivity contribution is 5.97. The van der Waals surface area contributed by atoms with Crippen molar-refractivity contribution in [3.8, 4) is 0 Å². The number of fused-ring (bicyclic) bond motifs is 20. The summed E-state index contributed by atoms with van der Waals surface area (Å²) in [7, 11) is 0. The molecule has 0 spiro atoms. The quantitative estimate of drug-likeness (QED) is 0.0869. The van der Waals surface area contributed by atoms with Crippen LogP contribution in [0.15, 0.2) is 97.1 Å². The fourth-order valence-corrected chi connectivity index (χ4v) is 17.3. The van der Waals surface area contributed by atoms with Gasteiger partial charge in [0.25, 0.3) is 11.4 Å². The van der Waals surface area contributed by atoms with Gasteiger partial charge in [-0.05, 0) is 180 Å². The zero-order chi connectivity index (χ0) is 79.4. The smallest absolute Gasteiger partial charge is 0.334 e. The molecule has 38 heteroatoms. The monoisotopic (exact) mass is 1600 g/mol. The number of benzene rings is 5. The topological polar surface area (TPSA) is 238 Å². The van der Waals surface area contributed by atoms with E-state index in [1.165, 1.54) is 61.1 Å². The number of likely N-dealkylation sites (tertiary alicyclic amines) is 4. The van der Waals surface area contributed by atoms with Crippen LogP contribution >= 0.6 is 12.4 Å². The molecule has 5 aromatic carbocycles. The Morgan fingerprint density at radius 3 is 1.12 bits per heavy atom. The Bertz CT molecular complexity index is 4340. The number of amides is 6. The second kappa shape index (κ2) is 32.2. The Morgan fingerprint density at radius 1 is 0.364 bits per heavy atom. The number of nitrogens with one attached hydrogen (secondary N) is 3. The number of non-ortho nitro benzene ring substituents is 1. The molecule has 6 amide bonds. The minimum Gasteiger partial charge on any atom is -0.334 e. The van der Waals surface area contributed by atoms with Gasteiger partial charge in [0, 0.05) is 106 Å². The van der Waals surface area contributed by atoms with E-state index < -0.39 is 106 Å². The molecule has 10 unspecified atom stereocenters. The van der Waals surface area contributed by atoms with Gasteiger partial charge in [-0.1, -0.05) is 60.7 Å². The summed E-state index contributed by atoms with van der Waals surface area (Å²) in [5.41, 5.74) is 7.65. The molecule has 0 aromatic heterocycles. The molecule has 10 aliphatic rings. The lowest BCUT2D eigenvalue weighted by Crippen LogP contribution is -2.50. The number of rotatable bonds is 4. The van der Waals surface area contributed by atoms with Crippen molar-refractivity contribution in [2.45, 2.75) is 131 Å². The van der Waals surface area contributed by atoms with Crippen molar-refractivity contribution < 1.29 is 118 Å². The molecule has 5 fully saturated rings. The molecule has 10 atom stereocenters. The zero-order valence-corrected chi connectivity index (χ0v) is 58.4. The molecule has 0 saturated carbocycles. The third-order valence-electron chi connectivity index (χ3n) is 21.5. The Morgan fingerprint density at radius 2 is 0.709 bits per heavy atom. The fraction of sp³-hybridized carbons (Fsp3) is 0.500. The van der Waals surface area contributed by atoms with Gasteiger partial charge in [-0.2, -0.15) is 79.0 Å². The molecular weight excluding hydrogens is 1530 g/mol. The Labute approximate surface area is 620 Å². The van der Waals surface area contributed by atoms with Gasteiger partial charge in [-0.15, -0.1) is 12.4 Å². The first-order valence-corrected chi connectivity index (χ1v) is 34.6. The van der Waals surface area contributed by atoms with Gasteiger partial charge >= 0.3 is 72.5 Å². The molecule has 596 valence electrons. The largest absolute Gasteiger partial charge is 0.471 e. The van der Waals surface area contributed by atoms with Gasteiger partial charge in [-0.25, -0.2) is 0 Å². The zero-order valence-electron chi connectivity index (χ0n) is 57.6. The number of carbonyl (C=O) groups is 6. The van der Waals surface area contributed by atoms with E-state index in [2.05, 4.69) is 29.6 Å². The summed E-state index contributed by atoms with van der Waals surface area (Å²) in [6.07, 6.45) is -22.9. The van der Waals surface area contributed by atoms with E-state index in [4.69, 9.17) is 0 Å². The lowest BCUT2D eigenvalue weighted by atomic mass is 9.73. The van der Waals surface area contributed by atoms with E-state index >= 15 is 0 Å². The van der Waals surface area contributed by atoms with Crippen molar-refractivity contribution in [3.63, 3.8) is 0 Å². The summed E-state index contributed by atoms with van der Waals surface area (Å²) < 4.78 is 226. The summed E-state index contributed by atoms with van der Waals surface area (Å²) in [4.78, 5) is 91.9. The van der Waals surface area contributed by atoms with E-state index in [1.807, 2.05) is 24.3 Å². The van der Waals surface area contributed by atoms with Crippen LogP contribution < -0.4 is 16.0 Å². The van der Waals surface area contributed by atoms with Crippen LogP contribution in [0.5, 0.6) is 0 Å². The average molecular weight is 1600 g/mol. The third kappa shape index (κ3) is 19.3. The van der Waals surface area contributed by atoms with Crippen LogP contribution in [-0.4, -0.2) is 167 Å². The molecule has 3 N–H and O–H groups in total. The molecule has 19 nitrogen and oxygen atoms in total.